The van der Waals surface area contributed by atoms with Gasteiger partial charge in [0.15, 0.2) is 0 Å². The second-order valence-electron chi connectivity index (χ2n) is 5.76. The van der Waals surface area contributed by atoms with Crippen LogP contribution in [0.4, 0.5) is 5.95 Å². The molecule has 0 aliphatic carbocycles. The first-order valence-electron chi connectivity index (χ1n) is 7.55. The number of nitrogens with zero attached hydrogens (tertiary/aromatic N) is 2. The van der Waals surface area contributed by atoms with Crippen LogP contribution in [0.3, 0.4) is 0 Å². The van der Waals surface area contributed by atoms with Crippen LogP contribution in [0.25, 0.3) is 11.0 Å². The molecular weight excluding hydrogens is 290 g/mol. The number of anilines is 1. The molecule has 0 aliphatic rings. The van der Waals surface area contributed by atoms with Crippen molar-refractivity contribution in [2.75, 3.05) is 5.73 Å². The molecule has 0 amide bonds. The summed E-state index contributed by atoms with van der Waals surface area (Å²) in [6, 6.07) is 14.1. The lowest BCUT2D eigenvalue weighted by Crippen LogP contribution is -2.04. The fourth-order valence-electron chi connectivity index (χ4n) is 2.64. The molecule has 1 heterocycles. The number of aryl methyl sites for hydroxylation is 2. The summed E-state index contributed by atoms with van der Waals surface area (Å²) < 4.78 is 1.97. The van der Waals surface area contributed by atoms with E-state index in [0.29, 0.717) is 18.9 Å². The first-order valence-corrected chi connectivity index (χ1v) is 7.55. The number of rotatable bonds is 5. The molecular formula is C18H19N3O2. The number of fused-ring (bicyclic) bond motifs is 1. The Morgan fingerprint density at radius 1 is 1.17 bits per heavy atom. The van der Waals surface area contributed by atoms with Crippen LogP contribution in [0.15, 0.2) is 42.5 Å². The lowest BCUT2D eigenvalue weighted by Gasteiger charge is -2.07. The number of imidazole rings is 1. The third-order valence-corrected chi connectivity index (χ3v) is 3.93. The number of nitrogens with two attached hydrogens (primary N) is 1. The topological polar surface area (TPSA) is 81.1 Å². The van der Waals surface area contributed by atoms with E-state index < -0.39 is 5.97 Å². The van der Waals surface area contributed by atoms with Gasteiger partial charge in [0, 0.05) is 6.42 Å². The quantitative estimate of drug-likeness (QED) is 0.759. The molecule has 0 radical (unpaired) electrons. The lowest BCUT2D eigenvalue weighted by molar-refractivity contribution is -0.136. The Balaban J connectivity index is 1.90. The van der Waals surface area contributed by atoms with Crippen LogP contribution >= 0.6 is 0 Å². The normalized spacial score (nSPS) is 11.0. The highest BCUT2D eigenvalue weighted by molar-refractivity contribution is 5.79. The molecule has 0 bridgehead atoms. The zero-order valence-corrected chi connectivity index (χ0v) is 13.0. The standard InChI is InChI=1S/C18H19N3O2/c1-12-2-4-14(5-3-12)11-21-16-8-6-13(7-9-17(22)23)10-15(16)20-18(21)19/h2-6,8,10H,7,9,11H2,1H3,(H2,19,20)(H,22,23). The van der Waals surface area contributed by atoms with E-state index in [1.807, 2.05) is 22.8 Å². The zero-order valence-electron chi connectivity index (χ0n) is 13.0. The monoisotopic (exact) mass is 309 g/mol. The van der Waals surface area contributed by atoms with Gasteiger partial charge in [-0.25, -0.2) is 4.98 Å². The van der Waals surface area contributed by atoms with Crippen molar-refractivity contribution < 1.29 is 9.90 Å². The number of aliphatic carboxylic acids is 1. The van der Waals surface area contributed by atoms with Gasteiger partial charge in [0.1, 0.15) is 0 Å². The van der Waals surface area contributed by atoms with Crippen LogP contribution in [-0.4, -0.2) is 20.6 Å². The molecule has 0 saturated heterocycles. The van der Waals surface area contributed by atoms with E-state index in [0.717, 1.165) is 22.2 Å². The number of benzene rings is 2. The average Bonchev–Trinajstić information content (AvgIpc) is 2.82. The Kier molecular flexibility index (Phi) is 4.02. The van der Waals surface area contributed by atoms with Gasteiger partial charge in [-0.05, 0) is 36.6 Å². The van der Waals surface area contributed by atoms with E-state index in [1.54, 1.807) is 0 Å². The summed E-state index contributed by atoms with van der Waals surface area (Å²) in [5.41, 5.74) is 11.2. The maximum absolute atomic E-state index is 10.7. The van der Waals surface area contributed by atoms with E-state index in [4.69, 9.17) is 10.8 Å². The number of hydrogen-bond donors (Lipinski definition) is 2. The summed E-state index contributed by atoms with van der Waals surface area (Å²) >= 11 is 0. The Morgan fingerprint density at radius 3 is 2.57 bits per heavy atom. The highest BCUT2D eigenvalue weighted by atomic mass is 16.4. The predicted molar refractivity (Wildman–Crippen MR) is 90.4 cm³/mol. The van der Waals surface area contributed by atoms with Crippen molar-refractivity contribution in [2.24, 2.45) is 0 Å². The summed E-state index contributed by atoms with van der Waals surface area (Å²) in [7, 11) is 0. The van der Waals surface area contributed by atoms with Crippen LogP contribution in [0.5, 0.6) is 0 Å². The van der Waals surface area contributed by atoms with Gasteiger partial charge in [-0.15, -0.1) is 0 Å². The van der Waals surface area contributed by atoms with Crippen molar-refractivity contribution >= 4 is 23.0 Å². The Labute approximate surface area is 134 Å². The predicted octanol–water partition coefficient (Wildman–Crippen LogP) is 2.99. The van der Waals surface area contributed by atoms with Crippen LogP contribution in [-0.2, 0) is 17.8 Å². The van der Waals surface area contributed by atoms with Gasteiger partial charge in [0.25, 0.3) is 0 Å². The van der Waals surface area contributed by atoms with Gasteiger partial charge in [-0.2, -0.15) is 0 Å². The molecule has 0 aliphatic heterocycles. The minimum absolute atomic E-state index is 0.116. The molecule has 0 spiro atoms. The Morgan fingerprint density at radius 2 is 1.87 bits per heavy atom. The van der Waals surface area contributed by atoms with Gasteiger partial charge in [-0.1, -0.05) is 35.9 Å². The van der Waals surface area contributed by atoms with Gasteiger partial charge in [0.2, 0.25) is 5.95 Å². The van der Waals surface area contributed by atoms with Gasteiger partial charge < -0.3 is 15.4 Å². The molecule has 0 unspecified atom stereocenters. The van der Waals surface area contributed by atoms with Crippen molar-refractivity contribution in [3.63, 3.8) is 0 Å². The molecule has 3 rings (SSSR count). The minimum Gasteiger partial charge on any atom is -0.481 e. The van der Waals surface area contributed by atoms with Gasteiger partial charge in [0.05, 0.1) is 17.6 Å². The van der Waals surface area contributed by atoms with Gasteiger partial charge >= 0.3 is 5.97 Å². The fourth-order valence-corrected chi connectivity index (χ4v) is 2.64. The van der Waals surface area contributed by atoms with Crippen LogP contribution < -0.4 is 5.73 Å². The molecule has 5 heteroatoms. The number of aromatic nitrogens is 2. The van der Waals surface area contributed by atoms with Crippen LogP contribution in [0.2, 0.25) is 0 Å². The zero-order chi connectivity index (χ0) is 16.4. The molecule has 118 valence electrons. The summed E-state index contributed by atoms with van der Waals surface area (Å²) in [5.74, 6) is -0.328. The van der Waals surface area contributed by atoms with Gasteiger partial charge in [-0.3, -0.25) is 4.79 Å². The number of nitrogen functional groups attached to an aromatic ring is 1. The van der Waals surface area contributed by atoms with E-state index in [-0.39, 0.29) is 6.42 Å². The molecule has 3 aromatic rings. The molecule has 3 N–H and O–H groups in total. The maximum Gasteiger partial charge on any atom is 0.303 e. The van der Waals surface area contributed by atoms with Crippen molar-refractivity contribution in [2.45, 2.75) is 26.3 Å². The Bertz CT molecular complexity index is 851. The first-order chi connectivity index (χ1) is 11.0. The van der Waals surface area contributed by atoms with E-state index in [1.165, 1.54) is 5.56 Å². The first kappa shape index (κ1) is 15.1. The fraction of sp³-hybridized carbons (Fsp3) is 0.222. The lowest BCUT2D eigenvalue weighted by atomic mass is 10.1. The molecule has 23 heavy (non-hydrogen) atoms. The van der Waals surface area contributed by atoms with E-state index in [9.17, 15) is 4.79 Å². The largest absolute Gasteiger partial charge is 0.481 e. The SMILES string of the molecule is Cc1ccc(Cn2c(N)nc3cc(CCC(=O)O)ccc32)cc1. The summed E-state index contributed by atoms with van der Waals surface area (Å²) in [6.45, 7) is 2.72. The maximum atomic E-state index is 10.7. The molecule has 1 aromatic heterocycles. The van der Waals surface area contributed by atoms with Crippen molar-refractivity contribution in [3.05, 3.63) is 59.2 Å². The van der Waals surface area contributed by atoms with Crippen molar-refractivity contribution in [1.29, 1.82) is 0 Å². The third kappa shape index (κ3) is 3.34. The van der Waals surface area contributed by atoms with Crippen molar-refractivity contribution in [1.82, 2.24) is 9.55 Å². The number of carboxylic acid groups (broad SMARTS) is 1. The molecule has 2 aromatic carbocycles. The second-order valence-corrected chi connectivity index (χ2v) is 5.76. The summed E-state index contributed by atoms with van der Waals surface area (Å²) in [6.07, 6.45) is 0.612. The van der Waals surface area contributed by atoms with E-state index >= 15 is 0 Å². The Hall–Kier alpha value is -2.82. The molecule has 5 nitrogen and oxygen atoms in total. The van der Waals surface area contributed by atoms with Crippen LogP contribution in [0.1, 0.15) is 23.1 Å². The smallest absolute Gasteiger partial charge is 0.303 e. The minimum atomic E-state index is -0.797. The highest BCUT2D eigenvalue weighted by Crippen LogP contribution is 2.21. The second kappa shape index (κ2) is 6.12. The summed E-state index contributed by atoms with van der Waals surface area (Å²) in [5, 5.41) is 8.78. The van der Waals surface area contributed by atoms with E-state index in [2.05, 4.69) is 36.2 Å². The third-order valence-electron chi connectivity index (χ3n) is 3.93. The number of carbonyl (C=O) groups is 1. The highest BCUT2D eigenvalue weighted by Gasteiger charge is 2.10. The molecule has 0 fully saturated rings. The average molecular weight is 309 g/mol. The summed E-state index contributed by atoms with van der Waals surface area (Å²) in [4.78, 5) is 15.1. The van der Waals surface area contributed by atoms with Crippen LogP contribution in [0, 0.1) is 6.92 Å². The molecule has 0 atom stereocenters. The molecule has 0 saturated carbocycles. The number of carboxylic acids is 1. The van der Waals surface area contributed by atoms with Crippen molar-refractivity contribution in [3.8, 4) is 0 Å². The number of hydrogen-bond acceptors (Lipinski definition) is 3.